The molecule has 1 aliphatic rings. The molecular formula is C15H18N4O4S. The number of nitrogens with zero attached hydrogens (tertiary/aromatic N) is 2. The van der Waals surface area contributed by atoms with E-state index < -0.39 is 16.1 Å². The Morgan fingerprint density at radius 1 is 1.33 bits per heavy atom. The van der Waals surface area contributed by atoms with Crippen LogP contribution in [0.1, 0.15) is 18.3 Å². The van der Waals surface area contributed by atoms with Gasteiger partial charge in [-0.25, -0.2) is 8.42 Å². The van der Waals surface area contributed by atoms with E-state index in [4.69, 9.17) is 4.74 Å². The monoisotopic (exact) mass is 350 g/mol. The molecule has 0 saturated carbocycles. The molecule has 0 saturated heterocycles. The van der Waals surface area contributed by atoms with Crippen molar-refractivity contribution >= 4 is 27.3 Å². The van der Waals surface area contributed by atoms with Crippen molar-refractivity contribution in [2.24, 2.45) is 7.05 Å². The van der Waals surface area contributed by atoms with E-state index in [0.29, 0.717) is 28.5 Å². The summed E-state index contributed by atoms with van der Waals surface area (Å²) in [6, 6.07) is 4.34. The van der Waals surface area contributed by atoms with Gasteiger partial charge in [-0.1, -0.05) is 0 Å². The van der Waals surface area contributed by atoms with Crippen LogP contribution in [0.5, 0.6) is 5.75 Å². The molecule has 0 aliphatic carbocycles. The molecule has 24 heavy (non-hydrogen) atoms. The number of amides is 1. The van der Waals surface area contributed by atoms with Gasteiger partial charge in [0.05, 0.1) is 27.7 Å². The molecule has 1 aliphatic heterocycles. The molecule has 1 amide bonds. The number of aryl methyl sites for hydroxylation is 2. The summed E-state index contributed by atoms with van der Waals surface area (Å²) in [5, 5.41) is 6.83. The molecule has 1 aromatic heterocycles. The first-order chi connectivity index (χ1) is 11.2. The first kappa shape index (κ1) is 16.3. The second kappa shape index (κ2) is 5.52. The van der Waals surface area contributed by atoms with Gasteiger partial charge >= 0.3 is 0 Å². The van der Waals surface area contributed by atoms with Crippen LogP contribution in [0, 0.1) is 13.8 Å². The van der Waals surface area contributed by atoms with Gasteiger partial charge in [0.1, 0.15) is 5.75 Å². The highest BCUT2D eigenvalue weighted by atomic mass is 32.2. The van der Waals surface area contributed by atoms with E-state index in [1.807, 2.05) is 0 Å². The third-order valence-corrected chi connectivity index (χ3v) is 5.29. The molecule has 128 valence electrons. The van der Waals surface area contributed by atoms with Crippen LogP contribution in [0.15, 0.2) is 23.1 Å². The highest BCUT2D eigenvalue weighted by Crippen LogP contribution is 2.32. The predicted molar refractivity (Wildman–Crippen MR) is 88.7 cm³/mol. The minimum Gasteiger partial charge on any atom is -0.479 e. The van der Waals surface area contributed by atoms with Gasteiger partial charge in [0, 0.05) is 7.05 Å². The largest absolute Gasteiger partial charge is 0.479 e. The fourth-order valence-electron chi connectivity index (χ4n) is 2.47. The van der Waals surface area contributed by atoms with Crippen LogP contribution in [-0.2, 0) is 21.9 Å². The average molecular weight is 350 g/mol. The molecule has 2 N–H and O–H groups in total. The molecule has 1 aromatic carbocycles. The number of aromatic nitrogens is 2. The zero-order valence-electron chi connectivity index (χ0n) is 13.7. The third kappa shape index (κ3) is 2.71. The Labute approximate surface area is 139 Å². The van der Waals surface area contributed by atoms with E-state index in [1.165, 1.54) is 18.2 Å². The zero-order valence-corrected chi connectivity index (χ0v) is 14.6. The quantitative estimate of drug-likeness (QED) is 0.874. The number of rotatable bonds is 3. The van der Waals surface area contributed by atoms with Gasteiger partial charge in [0.15, 0.2) is 6.10 Å². The second-order valence-electron chi connectivity index (χ2n) is 5.68. The number of benzene rings is 1. The Kier molecular flexibility index (Phi) is 3.75. The van der Waals surface area contributed by atoms with Crippen LogP contribution >= 0.6 is 0 Å². The molecule has 1 atom stereocenters. The SMILES string of the molecule is Cc1nn(C)c(C)c1NS(=O)(=O)c1ccc2c(c1)NC(=O)[C@H](C)O2. The summed E-state index contributed by atoms with van der Waals surface area (Å²) >= 11 is 0. The lowest BCUT2D eigenvalue weighted by atomic mass is 10.2. The first-order valence-corrected chi connectivity index (χ1v) is 8.82. The van der Waals surface area contributed by atoms with Crippen LogP contribution in [0.3, 0.4) is 0 Å². The number of anilines is 2. The summed E-state index contributed by atoms with van der Waals surface area (Å²) in [6.07, 6.45) is -0.612. The smallest absolute Gasteiger partial charge is 0.265 e. The zero-order chi connectivity index (χ0) is 17.6. The van der Waals surface area contributed by atoms with E-state index in [9.17, 15) is 13.2 Å². The Balaban J connectivity index is 1.96. The highest BCUT2D eigenvalue weighted by molar-refractivity contribution is 7.92. The number of carbonyl (C=O) groups is 1. The standard InChI is InChI=1S/C15H18N4O4S/c1-8-14(9(2)19(4)17-8)18-24(21,22)11-5-6-13-12(7-11)16-15(20)10(3)23-13/h5-7,10,18H,1-4H3,(H,16,20)/t10-/m0/s1. The van der Waals surface area contributed by atoms with E-state index in [-0.39, 0.29) is 10.8 Å². The summed E-state index contributed by atoms with van der Waals surface area (Å²) in [5.41, 5.74) is 2.08. The van der Waals surface area contributed by atoms with Crippen LogP contribution in [0.25, 0.3) is 0 Å². The molecule has 0 radical (unpaired) electrons. The molecule has 0 bridgehead atoms. The number of sulfonamides is 1. The Morgan fingerprint density at radius 2 is 2.04 bits per heavy atom. The number of nitrogens with one attached hydrogen (secondary N) is 2. The van der Waals surface area contributed by atoms with E-state index >= 15 is 0 Å². The Hall–Kier alpha value is -2.55. The molecule has 2 aromatic rings. The van der Waals surface area contributed by atoms with Crippen LogP contribution in [0.4, 0.5) is 11.4 Å². The highest BCUT2D eigenvalue weighted by Gasteiger charge is 2.26. The minimum absolute atomic E-state index is 0.0300. The second-order valence-corrected chi connectivity index (χ2v) is 7.36. The lowest BCUT2D eigenvalue weighted by Gasteiger charge is -2.23. The molecular weight excluding hydrogens is 332 g/mol. The number of carbonyl (C=O) groups excluding carboxylic acids is 1. The maximum atomic E-state index is 12.6. The maximum absolute atomic E-state index is 12.6. The van der Waals surface area contributed by atoms with Crippen LogP contribution < -0.4 is 14.8 Å². The van der Waals surface area contributed by atoms with Gasteiger partial charge in [-0.3, -0.25) is 14.2 Å². The van der Waals surface area contributed by atoms with Gasteiger partial charge in [-0.05, 0) is 39.0 Å². The van der Waals surface area contributed by atoms with Crippen molar-refractivity contribution in [2.45, 2.75) is 31.8 Å². The molecule has 2 heterocycles. The van der Waals surface area contributed by atoms with Crippen molar-refractivity contribution in [1.29, 1.82) is 0 Å². The summed E-state index contributed by atoms with van der Waals surface area (Å²) in [4.78, 5) is 11.7. The van der Waals surface area contributed by atoms with Crippen molar-refractivity contribution in [2.75, 3.05) is 10.0 Å². The third-order valence-electron chi connectivity index (χ3n) is 3.94. The van der Waals surface area contributed by atoms with Gasteiger partial charge < -0.3 is 10.1 Å². The Morgan fingerprint density at radius 3 is 2.67 bits per heavy atom. The molecule has 0 unspecified atom stereocenters. The van der Waals surface area contributed by atoms with Crippen molar-refractivity contribution in [3.63, 3.8) is 0 Å². The average Bonchev–Trinajstić information content (AvgIpc) is 2.74. The topological polar surface area (TPSA) is 102 Å². The molecule has 3 rings (SSSR count). The summed E-state index contributed by atoms with van der Waals surface area (Å²) < 4.78 is 34.9. The first-order valence-electron chi connectivity index (χ1n) is 7.33. The van der Waals surface area contributed by atoms with Gasteiger partial charge in [-0.2, -0.15) is 5.10 Å². The fourth-order valence-corrected chi connectivity index (χ4v) is 3.67. The van der Waals surface area contributed by atoms with Crippen LogP contribution in [0.2, 0.25) is 0 Å². The van der Waals surface area contributed by atoms with E-state index in [2.05, 4.69) is 15.1 Å². The molecule has 9 heteroatoms. The van der Waals surface area contributed by atoms with E-state index in [0.717, 1.165) is 0 Å². The van der Waals surface area contributed by atoms with Crippen molar-refractivity contribution in [3.8, 4) is 5.75 Å². The Bertz CT molecular complexity index is 933. The van der Waals surface area contributed by atoms with Crippen molar-refractivity contribution in [1.82, 2.24) is 9.78 Å². The molecule has 0 fully saturated rings. The summed E-state index contributed by atoms with van der Waals surface area (Å²) in [7, 11) is -2.08. The van der Waals surface area contributed by atoms with Crippen molar-refractivity contribution < 1.29 is 17.9 Å². The maximum Gasteiger partial charge on any atom is 0.265 e. The summed E-state index contributed by atoms with van der Waals surface area (Å²) in [5.74, 6) is 0.124. The van der Waals surface area contributed by atoms with Crippen molar-refractivity contribution in [3.05, 3.63) is 29.6 Å². The lowest BCUT2D eigenvalue weighted by Crippen LogP contribution is -2.34. The lowest BCUT2D eigenvalue weighted by molar-refractivity contribution is -0.122. The number of hydrogen-bond acceptors (Lipinski definition) is 5. The predicted octanol–water partition coefficient (Wildman–Crippen LogP) is 1.56. The molecule has 8 nitrogen and oxygen atoms in total. The van der Waals surface area contributed by atoms with Gasteiger partial charge in [-0.15, -0.1) is 0 Å². The van der Waals surface area contributed by atoms with Crippen LogP contribution in [-0.4, -0.2) is 30.2 Å². The van der Waals surface area contributed by atoms with Gasteiger partial charge in [0.25, 0.3) is 15.9 Å². The number of hydrogen-bond donors (Lipinski definition) is 2. The molecule has 0 spiro atoms. The number of fused-ring (bicyclic) bond motifs is 1. The number of ether oxygens (including phenoxy) is 1. The summed E-state index contributed by atoms with van der Waals surface area (Å²) in [6.45, 7) is 5.13. The van der Waals surface area contributed by atoms with E-state index in [1.54, 1.807) is 32.5 Å². The fraction of sp³-hybridized carbons (Fsp3) is 0.333. The normalized spacial score (nSPS) is 17.0. The minimum atomic E-state index is -3.82. The van der Waals surface area contributed by atoms with Gasteiger partial charge in [0.2, 0.25) is 0 Å².